The number of anilines is 1. The number of nitrogens with zero attached hydrogens (tertiary/aromatic N) is 2. The number of aliphatic hydroxyl groups is 9. The highest BCUT2D eigenvalue weighted by Gasteiger charge is 2.55. The molecular formula is C28H43N5O25P2-2. The summed E-state index contributed by atoms with van der Waals surface area (Å²) >= 11 is 0. The van der Waals surface area contributed by atoms with Gasteiger partial charge in [-0.15, -0.1) is 0 Å². The third kappa shape index (κ3) is 12.0. The number of phosphoric ester groups is 2. The van der Waals surface area contributed by atoms with Crippen LogP contribution in [0.5, 0.6) is 0 Å². The molecule has 4 rings (SSSR count). The van der Waals surface area contributed by atoms with Crippen LogP contribution in [-0.2, 0) is 51.3 Å². The smallest absolute Gasteiger partial charge is 0.469 e. The Hall–Kier alpha value is -3.17. The summed E-state index contributed by atoms with van der Waals surface area (Å²) < 4.78 is 54.0. The molecule has 3 aliphatic heterocycles. The van der Waals surface area contributed by atoms with Crippen LogP contribution in [0.3, 0.4) is 0 Å². The average Bonchev–Trinajstić information content (AvgIpc) is 3.44. The molecule has 3 fully saturated rings. The van der Waals surface area contributed by atoms with Crippen molar-refractivity contribution in [2.24, 2.45) is 0 Å². The Morgan fingerprint density at radius 1 is 0.967 bits per heavy atom. The Bertz CT molecular complexity index is 1840. The van der Waals surface area contributed by atoms with Crippen LogP contribution in [0, 0.1) is 0 Å². The van der Waals surface area contributed by atoms with Gasteiger partial charge in [0.15, 0.2) is 6.23 Å². The standard InChI is InChI=1S/C28H45N5O25P2/c29-14-1-2-33(27(47)31-14)25-23(44)21(42)13(56-25)8-54-60(51,52)58-28(26(45)46)4-9(35)17(24(57-28)18(39)10(36)6-34)32-16(38)5-30-15(37)3-11-19(40)22(43)20(41)12(55-11)7-53-59(48,49)50/h1-2,9-13,17-25,34-36,39-44H,3-8H2,(H,30,37)(H,32,38)(H,45,46)(H,51,52)(H2,29,31,47)(H2,48,49,50)/p-2/t9?,10-,11-,12?,13?,17?,18-,19?,20-,21?,22-,23?,24?,25?,28?/m1/s1. The lowest BCUT2D eigenvalue weighted by atomic mass is 9.88. The van der Waals surface area contributed by atoms with Crippen LogP contribution < -0.4 is 32.1 Å². The first-order valence-corrected chi connectivity index (χ1v) is 20.3. The Morgan fingerprint density at radius 3 is 2.17 bits per heavy atom. The van der Waals surface area contributed by atoms with Crippen LogP contribution in [-0.4, -0.2) is 195 Å². The van der Waals surface area contributed by atoms with Crippen LogP contribution in [0.1, 0.15) is 19.1 Å². The SMILES string of the molecule is Nc1ccn(C2OC(COP(=O)([O-])OC3(C(=O)[O-])CC(O)C(NC(=O)CNC(=O)C[C@H]4OC(COP(=O)(O)O)[C@@H](O)[C@H](O)C4O)C([C@H](O)[C@H](O)CO)O3)C(O)C2O)c(=O)n1. The second-order valence-electron chi connectivity index (χ2n) is 13.6. The summed E-state index contributed by atoms with van der Waals surface area (Å²) in [6, 6.07) is -0.850. The lowest BCUT2D eigenvalue weighted by Crippen LogP contribution is -2.70. The molecule has 0 radical (unpaired) electrons. The lowest BCUT2D eigenvalue weighted by Gasteiger charge is -2.50. The average molecular weight is 912 g/mol. The molecule has 0 spiro atoms. The van der Waals surface area contributed by atoms with E-state index in [2.05, 4.69) is 23.9 Å². The van der Waals surface area contributed by atoms with Gasteiger partial charge in [-0.25, -0.2) is 9.36 Å². The maximum atomic E-state index is 13.0. The summed E-state index contributed by atoms with van der Waals surface area (Å²) in [5.74, 6) is -8.68. The molecule has 16 atom stereocenters. The zero-order chi connectivity index (χ0) is 45.1. The van der Waals surface area contributed by atoms with Gasteiger partial charge in [-0.05, 0) is 6.07 Å². The summed E-state index contributed by atoms with van der Waals surface area (Å²) in [5, 5.41) is 109. The number of carboxylic acid groups (broad SMARTS) is 1. The van der Waals surface area contributed by atoms with E-state index in [4.69, 9.17) is 29.7 Å². The maximum Gasteiger partial charge on any atom is 0.469 e. The van der Waals surface area contributed by atoms with Crippen molar-refractivity contribution < 1.29 is 117 Å². The van der Waals surface area contributed by atoms with Gasteiger partial charge in [0.1, 0.15) is 72.8 Å². The summed E-state index contributed by atoms with van der Waals surface area (Å²) in [7, 11) is -11.1. The third-order valence-electron chi connectivity index (χ3n) is 9.30. The number of carbonyl (C=O) groups excluding carboxylic acids is 3. The first kappa shape index (κ1) is 49.5. The second kappa shape index (κ2) is 19.9. The minimum atomic E-state index is -6.02. The molecule has 0 bridgehead atoms. The van der Waals surface area contributed by atoms with Crippen LogP contribution in [0.2, 0.25) is 0 Å². The van der Waals surface area contributed by atoms with Crippen LogP contribution in [0.4, 0.5) is 5.82 Å². The van der Waals surface area contributed by atoms with Gasteiger partial charge in [-0.1, -0.05) is 0 Å². The van der Waals surface area contributed by atoms with Gasteiger partial charge in [0.2, 0.25) is 17.6 Å². The van der Waals surface area contributed by atoms with Gasteiger partial charge in [0.25, 0.3) is 7.82 Å². The zero-order valence-corrected chi connectivity index (χ0v) is 32.3. The van der Waals surface area contributed by atoms with Gasteiger partial charge >= 0.3 is 13.5 Å². The van der Waals surface area contributed by atoms with Crippen molar-refractivity contribution in [2.45, 2.75) is 104 Å². The molecule has 15 N–H and O–H groups in total. The van der Waals surface area contributed by atoms with E-state index in [-0.39, 0.29) is 5.82 Å². The summed E-state index contributed by atoms with van der Waals surface area (Å²) in [6.07, 6.45) is -26.9. The zero-order valence-electron chi connectivity index (χ0n) is 30.5. The highest BCUT2D eigenvalue weighted by molar-refractivity contribution is 7.46. The topological polar surface area (TPSA) is 494 Å². The number of nitrogens with one attached hydrogen (secondary N) is 2. The number of carboxylic acids is 1. The quantitative estimate of drug-likeness (QED) is 0.0608. The van der Waals surface area contributed by atoms with E-state index in [1.807, 2.05) is 5.32 Å². The summed E-state index contributed by atoms with van der Waals surface area (Å²) in [5.41, 5.74) is 4.39. The lowest BCUT2D eigenvalue weighted by molar-refractivity contribution is -0.377. The predicted molar refractivity (Wildman–Crippen MR) is 180 cm³/mol. The van der Waals surface area contributed by atoms with E-state index in [9.17, 15) is 84.3 Å². The highest BCUT2D eigenvalue weighted by Crippen LogP contribution is 2.48. The summed E-state index contributed by atoms with van der Waals surface area (Å²) in [6.45, 7) is -4.45. The molecule has 342 valence electrons. The fourth-order valence-corrected chi connectivity index (χ4v) is 7.52. The van der Waals surface area contributed by atoms with E-state index in [0.717, 1.165) is 12.3 Å². The number of aromatic nitrogens is 2. The van der Waals surface area contributed by atoms with Crippen LogP contribution in [0.25, 0.3) is 0 Å². The molecule has 0 aromatic carbocycles. The van der Waals surface area contributed by atoms with Crippen LogP contribution >= 0.6 is 15.6 Å². The molecule has 30 nitrogen and oxygen atoms in total. The van der Waals surface area contributed by atoms with E-state index in [1.54, 1.807) is 0 Å². The molecule has 1 aromatic heterocycles. The first-order chi connectivity index (χ1) is 27.8. The summed E-state index contributed by atoms with van der Waals surface area (Å²) in [4.78, 5) is 84.3. The molecule has 60 heavy (non-hydrogen) atoms. The van der Waals surface area contributed by atoms with Crippen LogP contribution in [0.15, 0.2) is 17.1 Å². The normalized spacial score (nSPS) is 35.5. The number of rotatable bonds is 18. The number of amides is 2. The Kier molecular flexibility index (Phi) is 16.4. The monoisotopic (exact) mass is 911 g/mol. The number of aliphatic hydroxyl groups excluding tert-OH is 9. The van der Waals surface area contributed by atoms with Crippen molar-refractivity contribution >= 4 is 39.2 Å². The number of phosphoric acid groups is 2. The van der Waals surface area contributed by atoms with Crippen molar-refractivity contribution in [3.8, 4) is 0 Å². The van der Waals surface area contributed by atoms with Crippen molar-refractivity contribution in [3.63, 3.8) is 0 Å². The number of nitrogen functional groups attached to an aromatic ring is 1. The number of ether oxygens (including phenoxy) is 3. The number of carbonyl (C=O) groups is 3. The van der Waals surface area contributed by atoms with E-state index in [0.29, 0.717) is 4.57 Å². The molecule has 0 aliphatic carbocycles. The molecular weight excluding hydrogens is 868 g/mol. The number of aliphatic carboxylic acids is 1. The van der Waals surface area contributed by atoms with E-state index >= 15 is 0 Å². The molecule has 3 saturated heterocycles. The third-order valence-corrected chi connectivity index (χ3v) is 10.8. The molecule has 1 aromatic rings. The Morgan fingerprint density at radius 2 is 1.57 bits per heavy atom. The highest BCUT2D eigenvalue weighted by atomic mass is 31.2. The molecule has 3 aliphatic rings. The minimum Gasteiger partial charge on any atom is -0.756 e. The maximum absolute atomic E-state index is 13.0. The van der Waals surface area contributed by atoms with Crippen molar-refractivity contribution in [1.82, 2.24) is 20.2 Å². The number of hydrogen-bond acceptors (Lipinski definition) is 25. The first-order valence-electron chi connectivity index (χ1n) is 17.3. The minimum absolute atomic E-state index is 0.202. The molecule has 2 amide bonds. The number of nitrogens with two attached hydrogens (primary N) is 1. The van der Waals surface area contributed by atoms with Gasteiger partial charge < -0.3 is 106 Å². The fourth-order valence-electron chi connectivity index (χ4n) is 6.24. The largest absolute Gasteiger partial charge is 0.756 e. The Balaban J connectivity index is 1.41. The predicted octanol–water partition coefficient (Wildman–Crippen LogP) is -10.8. The van der Waals surface area contributed by atoms with E-state index in [1.165, 1.54) is 0 Å². The van der Waals surface area contributed by atoms with Gasteiger partial charge in [0.05, 0.1) is 51.0 Å². The number of hydrogen-bond donors (Lipinski definition) is 14. The second-order valence-corrected chi connectivity index (χ2v) is 16.2. The van der Waals surface area contributed by atoms with E-state index < -0.39 is 170 Å². The molecule has 11 unspecified atom stereocenters. The Labute approximate surface area is 335 Å². The fraction of sp³-hybridized carbons (Fsp3) is 0.750. The van der Waals surface area contributed by atoms with Gasteiger partial charge in [-0.2, -0.15) is 4.98 Å². The van der Waals surface area contributed by atoms with Crippen molar-refractivity contribution in [2.75, 3.05) is 32.1 Å². The molecule has 4 heterocycles. The van der Waals surface area contributed by atoms with Gasteiger partial charge in [0, 0.05) is 12.6 Å². The molecule has 0 saturated carbocycles. The van der Waals surface area contributed by atoms with Crippen molar-refractivity contribution in [3.05, 3.63) is 22.7 Å². The van der Waals surface area contributed by atoms with Gasteiger partial charge in [-0.3, -0.25) is 27.8 Å². The van der Waals surface area contributed by atoms with Crippen molar-refractivity contribution in [1.29, 1.82) is 0 Å². The molecule has 32 heteroatoms.